The van der Waals surface area contributed by atoms with Crippen LogP contribution in [0.3, 0.4) is 0 Å². The predicted octanol–water partition coefficient (Wildman–Crippen LogP) is 2.68. The number of aliphatic imine (C=N–C) groups is 1. The molecule has 0 saturated carbocycles. The zero-order chi connectivity index (χ0) is 9.68. The molecule has 0 N–H and O–H groups in total. The van der Waals surface area contributed by atoms with Gasteiger partial charge in [0.05, 0.1) is 5.69 Å². The second kappa shape index (κ2) is 4.59. The van der Waals surface area contributed by atoms with Crippen LogP contribution in [-0.2, 0) is 4.65 Å². The fourth-order valence-electron chi connectivity index (χ4n) is 0.840. The van der Waals surface area contributed by atoms with E-state index in [0.717, 1.165) is 0 Å². The summed E-state index contributed by atoms with van der Waals surface area (Å²) in [6.45, 7) is 1.39. The van der Waals surface area contributed by atoms with Gasteiger partial charge in [-0.1, -0.05) is 18.2 Å². The Morgan fingerprint density at radius 2 is 1.92 bits per heavy atom. The van der Waals surface area contributed by atoms with Crippen LogP contribution in [0.2, 0.25) is 0 Å². The highest BCUT2D eigenvalue weighted by Crippen LogP contribution is 2.10. The second-order valence-electron chi connectivity index (χ2n) is 2.34. The molecule has 68 valence electrons. The van der Waals surface area contributed by atoms with Crippen LogP contribution in [0.25, 0.3) is 0 Å². The van der Waals surface area contributed by atoms with Gasteiger partial charge in [0.25, 0.3) is 0 Å². The van der Waals surface area contributed by atoms with Gasteiger partial charge in [0, 0.05) is 6.92 Å². The average Bonchev–Trinajstić information content (AvgIpc) is 2.04. The normalized spacial score (nSPS) is 11.2. The molecule has 1 aromatic carbocycles. The zero-order valence-electron chi connectivity index (χ0n) is 7.08. The Morgan fingerprint density at radius 1 is 1.31 bits per heavy atom. The van der Waals surface area contributed by atoms with Gasteiger partial charge in [-0.15, -0.1) is 0 Å². The first-order valence-electron chi connectivity index (χ1n) is 3.73. The van der Waals surface area contributed by atoms with Crippen molar-refractivity contribution in [2.75, 3.05) is 0 Å². The van der Waals surface area contributed by atoms with Gasteiger partial charge in [-0.2, -0.15) is 0 Å². The highest BCUT2D eigenvalue weighted by atomic mass is 19.2. The van der Waals surface area contributed by atoms with E-state index in [1.807, 2.05) is 6.07 Å². The van der Waals surface area contributed by atoms with Gasteiger partial charge in [-0.05, 0) is 12.1 Å². The molecule has 13 heavy (non-hydrogen) atoms. The molecule has 0 fully saturated rings. The Balaban J connectivity index is 2.66. The summed E-state index contributed by atoms with van der Waals surface area (Å²) in [6, 6.07) is 8.78. The van der Waals surface area contributed by atoms with E-state index >= 15 is 0 Å². The minimum atomic E-state index is -2.81. The van der Waals surface area contributed by atoms with E-state index in [1.54, 1.807) is 24.3 Å². The molecule has 0 atom stereocenters. The summed E-state index contributed by atoms with van der Waals surface area (Å²) in [4.78, 5) is 3.81. The van der Waals surface area contributed by atoms with Gasteiger partial charge >= 0.3 is 7.47 Å². The third-order valence-electron chi connectivity index (χ3n) is 1.30. The molecule has 0 bridgehead atoms. The van der Waals surface area contributed by atoms with Gasteiger partial charge in [-0.25, -0.2) is 13.6 Å². The summed E-state index contributed by atoms with van der Waals surface area (Å²) in [6.07, 6.45) is 0. The van der Waals surface area contributed by atoms with Crippen LogP contribution < -0.4 is 0 Å². The van der Waals surface area contributed by atoms with Gasteiger partial charge in [0.1, 0.15) is 0 Å². The molecule has 0 aliphatic rings. The molecule has 0 aliphatic heterocycles. The standard InChI is InChI=1S/C8H8BF2NO/c1-7(13-9(10)11)12-8-5-3-2-4-6-8/h2-6H,1H3. The third-order valence-corrected chi connectivity index (χ3v) is 1.30. The maximum atomic E-state index is 11.7. The Kier molecular flexibility index (Phi) is 3.43. The number of benzene rings is 1. The second-order valence-corrected chi connectivity index (χ2v) is 2.34. The zero-order valence-corrected chi connectivity index (χ0v) is 7.08. The molecule has 2 nitrogen and oxygen atoms in total. The lowest BCUT2D eigenvalue weighted by Gasteiger charge is -2.00. The number of halogens is 2. The van der Waals surface area contributed by atoms with Crippen LogP contribution in [0.4, 0.5) is 14.3 Å². The molecule has 0 saturated heterocycles. The van der Waals surface area contributed by atoms with E-state index in [2.05, 4.69) is 9.65 Å². The van der Waals surface area contributed by atoms with Crippen molar-refractivity contribution in [3.05, 3.63) is 30.3 Å². The molecule has 0 radical (unpaired) electrons. The first-order valence-corrected chi connectivity index (χ1v) is 3.73. The number of para-hydroxylation sites is 1. The van der Waals surface area contributed by atoms with E-state index in [-0.39, 0.29) is 5.90 Å². The van der Waals surface area contributed by atoms with Crippen LogP contribution in [-0.4, -0.2) is 13.4 Å². The lowest BCUT2D eigenvalue weighted by Crippen LogP contribution is -2.09. The Morgan fingerprint density at radius 3 is 2.46 bits per heavy atom. The Hall–Kier alpha value is -1.39. The van der Waals surface area contributed by atoms with Crippen LogP contribution in [0.1, 0.15) is 6.92 Å². The number of nitrogens with zero attached hydrogens (tertiary/aromatic N) is 1. The lowest BCUT2D eigenvalue weighted by atomic mass is 10.3. The highest BCUT2D eigenvalue weighted by molar-refractivity contribution is 6.37. The fraction of sp³-hybridized carbons (Fsp3) is 0.125. The fourth-order valence-corrected chi connectivity index (χ4v) is 0.840. The summed E-state index contributed by atoms with van der Waals surface area (Å²) >= 11 is 0. The van der Waals surface area contributed by atoms with Crippen LogP contribution >= 0.6 is 0 Å². The monoisotopic (exact) mass is 183 g/mol. The van der Waals surface area contributed by atoms with E-state index in [0.29, 0.717) is 5.69 Å². The average molecular weight is 183 g/mol. The number of hydrogen-bond acceptors (Lipinski definition) is 2. The number of rotatable bonds is 2. The molecule has 0 unspecified atom stereocenters. The van der Waals surface area contributed by atoms with Crippen molar-refractivity contribution in [1.29, 1.82) is 0 Å². The van der Waals surface area contributed by atoms with Crippen molar-refractivity contribution >= 4 is 19.1 Å². The lowest BCUT2D eigenvalue weighted by molar-refractivity contribution is 0.417. The highest BCUT2D eigenvalue weighted by Gasteiger charge is 2.17. The van der Waals surface area contributed by atoms with E-state index in [9.17, 15) is 8.63 Å². The van der Waals surface area contributed by atoms with Crippen molar-refractivity contribution in [3.63, 3.8) is 0 Å². The van der Waals surface area contributed by atoms with Crippen molar-refractivity contribution in [2.45, 2.75) is 6.92 Å². The van der Waals surface area contributed by atoms with Crippen LogP contribution in [0.15, 0.2) is 35.3 Å². The molecule has 0 aliphatic carbocycles. The molecule has 1 aromatic rings. The first kappa shape index (κ1) is 9.70. The minimum absolute atomic E-state index is 0.0406. The SMILES string of the molecule is CC(=Nc1ccccc1)OB(F)F. The van der Waals surface area contributed by atoms with Gasteiger partial charge in [0.15, 0.2) is 5.90 Å². The van der Waals surface area contributed by atoms with Crippen molar-refractivity contribution in [1.82, 2.24) is 0 Å². The molecule has 0 spiro atoms. The Bertz CT molecular complexity index is 289. The van der Waals surface area contributed by atoms with E-state index in [4.69, 9.17) is 0 Å². The third kappa shape index (κ3) is 3.69. The summed E-state index contributed by atoms with van der Waals surface area (Å²) in [5, 5.41) is 0. The summed E-state index contributed by atoms with van der Waals surface area (Å²) in [5.41, 5.74) is 0.598. The van der Waals surface area contributed by atoms with Gasteiger partial charge in [-0.3, -0.25) is 0 Å². The summed E-state index contributed by atoms with van der Waals surface area (Å²) in [7, 11) is -2.81. The predicted molar refractivity (Wildman–Crippen MR) is 48.3 cm³/mol. The molecule has 0 amide bonds. The van der Waals surface area contributed by atoms with Crippen LogP contribution in [0.5, 0.6) is 0 Å². The van der Waals surface area contributed by atoms with Gasteiger partial charge in [0.2, 0.25) is 0 Å². The van der Waals surface area contributed by atoms with Crippen LogP contribution in [0, 0.1) is 0 Å². The first-order chi connectivity index (χ1) is 6.18. The maximum absolute atomic E-state index is 11.7. The number of hydrogen-bond donors (Lipinski definition) is 0. The van der Waals surface area contributed by atoms with Gasteiger partial charge < -0.3 is 4.65 Å². The largest absolute Gasteiger partial charge is 0.797 e. The molecular weight excluding hydrogens is 175 g/mol. The van der Waals surface area contributed by atoms with Crippen molar-refractivity contribution < 1.29 is 13.3 Å². The smallest absolute Gasteiger partial charge is 0.494 e. The van der Waals surface area contributed by atoms with Crippen molar-refractivity contribution in [3.8, 4) is 0 Å². The molecule has 0 heterocycles. The topological polar surface area (TPSA) is 21.6 Å². The molecule has 5 heteroatoms. The van der Waals surface area contributed by atoms with E-state index < -0.39 is 7.47 Å². The van der Waals surface area contributed by atoms with Crippen molar-refractivity contribution in [2.24, 2.45) is 4.99 Å². The summed E-state index contributed by atoms with van der Waals surface area (Å²) < 4.78 is 27.4. The minimum Gasteiger partial charge on any atom is -0.494 e. The Labute approximate surface area is 75.5 Å². The quantitative estimate of drug-likeness (QED) is 0.392. The molecule has 1 rings (SSSR count). The van der Waals surface area contributed by atoms with E-state index in [1.165, 1.54) is 6.92 Å². The summed E-state index contributed by atoms with van der Waals surface area (Å²) in [5.74, 6) is -0.0406. The molecular formula is C8H8BF2NO. The molecule has 0 aromatic heterocycles. The maximum Gasteiger partial charge on any atom is 0.797 e.